The second-order valence-corrected chi connectivity index (χ2v) is 6.86. The summed E-state index contributed by atoms with van der Waals surface area (Å²) in [5.74, 6) is 1.85. The first-order chi connectivity index (χ1) is 9.25. The quantitative estimate of drug-likeness (QED) is 0.785. The lowest BCUT2D eigenvalue weighted by atomic mass is 9.71. The number of rotatable bonds is 1. The van der Waals surface area contributed by atoms with Crippen LogP contribution in [0.5, 0.6) is 0 Å². The molecule has 1 aromatic carbocycles. The van der Waals surface area contributed by atoms with Crippen LogP contribution in [0.25, 0.3) is 0 Å². The largest absolute Gasteiger partial charge is 0.307 e. The zero-order valence-electron chi connectivity index (χ0n) is 13.8. The smallest absolute Gasteiger partial charge is 0.129 e. The van der Waals surface area contributed by atoms with Gasteiger partial charge in [0.1, 0.15) is 5.82 Å². The van der Waals surface area contributed by atoms with Crippen LogP contribution in [-0.4, -0.2) is 6.04 Å². The van der Waals surface area contributed by atoms with E-state index in [2.05, 4.69) is 39.9 Å². The maximum absolute atomic E-state index is 14.0. The Bertz CT molecular complexity index is 509. The average molecular weight is 277 g/mol. The first-order valence-electron chi connectivity index (χ1n) is 7.78. The van der Waals surface area contributed by atoms with Crippen molar-refractivity contribution in [1.82, 2.24) is 5.32 Å². The van der Waals surface area contributed by atoms with Crippen molar-refractivity contribution in [1.29, 1.82) is 0 Å². The lowest BCUT2D eigenvalue weighted by molar-refractivity contribution is 0.118. The lowest BCUT2D eigenvalue weighted by Gasteiger charge is -2.44. The molecule has 0 saturated carbocycles. The summed E-state index contributed by atoms with van der Waals surface area (Å²) >= 11 is 0. The third-order valence-electron chi connectivity index (χ3n) is 5.79. The highest BCUT2D eigenvalue weighted by Crippen LogP contribution is 2.40. The second kappa shape index (κ2) is 5.48. The summed E-state index contributed by atoms with van der Waals surface area (Å²) in [6.45, 7) is 15.1. The Morgan fingerprint density at radius 1 is 0.900 bits per heavy atom. The lowest BCUT2D eigenvalue weighted by Crippen LogP contribution is -2.48. The molecule has 1 heterocycles. The molecule has 5 unspecified atom stereocenters. The number of aryl methyl sites for hydroxylation is 1. The summed E-state index contributed by atoms with van der Waals surface area (Å²) < 4.78 is 14.0. The van der Waals surface area contributed by atoms with Crippen LogP contribution in [0.4, 0.5) is 4.39 Å². The Balaban J connectivity index is 2.46. The van der Waals surface area contributed by atoms with Crippen molar-refractivity contribution in [3.8, 4) is 0 Å². The van der Waals surface area contributed by atoms with Gasteiger partial charge in [-0.05, 0) is 67.7 Å². The number of halogens is 1. The van der Waals surface area contributed by atoms with E-state index >= 15 is 0 Å². The standard InChI is InChI=1S/C18H28FN/c1-9-8-16(12(4)13(5)17(9)19)18-14(6)10(2)11(3)15(7)20-18/h8,10-11,14-15,18,20H,1-7H3. The molecule has 2 heteroatoms. The van der Waals surface area contributed by atoms with Gasteiger partial charge in [-0.2, -0.15) is 0 Å². The topological polar surface area (TPSA) is 12.0 Å². The molecule has 1 N–H and O–H groups in total. The van der Waals surface area contributed by atoms with E-state index in [9.17, 15) is 4.39 Å². The minimum atomic E-state index is -0.0517. The molecule has 0 radical (unpaired) electrons. The van der Waals surface area contributed by atoms with Crippen LogP contribution in [0.2, 0.25) is 0 Å². The van der Waals surface area contributed by atoms with Crippen LogP contribution >= 0.6 is 0 Å². The molecule has 112 valence electrons. The third kappa shape index (κ3) is 2.39. The summed E-state index contributed by atoms with van der Waals surface area (Å²) in [5.41, 5.74) is 3.94. The van der Waals surface area contributed by atoms with Crippen molar-refractivity contribution in [2.24, 2.45) is 17.8 Å². The minimum Gasteiger partial charge on any atom is -0.307 e. The van der Waals surface area contributed by atoms with Gasteiger partial charge in [-0.3, -0.25) is 0 Å². The maximum Gasteiger partial charge on any atom is 0.129 e. The van der Waals surface area contributed by atoms with Gasteiger partial charge in [0.25, 0.3) is 0 Å². The van der Waals surface area contributed by atoms with Gasteiger partial charge in [-0.1, -0.05) is 26.8 Å². The molecular formula is C18H28FN. The van der Waals surface area contributed by atoms with E-state index in [-0.39, 0.29) is 5.82 Å². The van der Waals surface area contributed by atoms with Crippen LogP contribution in [0.3, 0.4) is 0 Å². The predicted octanol–water partition coefficient (Wildman–Crippen LogP) is 4.69. The first kappa shape index (κ1) is 15.5. The predicted molar refractivity (Wildman–Crippen MR) is 83.4 cm³/mol. The van der Waals surface area contributed by atoms with E-state index in [0.29, 0.717) is 29.8 Å². The molecule has 1 aromatic rings. The minimum absolute atomic E-state index is 0.0517. The Morgan fingerprint density at radius 3 is 2.10 bits per heavy atom. The van der Waals surface area contributed by atoms with Gasteiger partial charge in [0.2, 0.25) is 0 Å². The van der Waals surface area contributed by atoms with E-state index in [0.717, 1.165) is 16.7 Å². The molecule has 0 spiro atoms. The van der Waals surface area contributed by atoms with Gasteiger partial charge in [-0.25, -0.2) is 4.39 Å². The summed E-state index contributed by atoms with van der Waals surface area (Å²) in [7, 11) is 0. The van der Waals surface area contributed by atoms with E-state index in [4.69, 9.17) is 0 Å². The Hall–Kier alpha value is -0.890. The highest BCUT2D eigenvalue weighted by Gasteiger charge is 2.37. The summed E-state index contributed by atoms with van der Waals surface area (Å²) in [4.78, 5) is 0. The molecule has 2 rings (SSSR count). The molecule has 0 aromatic heterocycles. The molecule has 1 aliphatic rings. The maximum atomic E-state index is 14.0. The molecule has 5 atom stereocenters. The van der Waals surface area contributed by atoms with Crippen LogP contribution in [0.1, 0.15) is 56.0 Å². The van der Waals surface area contributed by atoms with Gasteiger partial charge >= 0.3 is 0 Å². The first-order valence-corrected chi connectivity index (χ1v) is 7.78. The molecule has 1 saturated heterocycles. The fourth-order valence-corrected chi connectivity index (χ4v) is 3.60. The molecule has 0 bridgehead atoms. The normalized spacial score (nSPS) is 34.3. The van der Waals surface area contributed by atoms with Crippen molar-refractivity contribution in [3.05, 3.63) is 34.1 Å². The van der Waals surface area contributed by atoms with Gasteiger partial charge < -0.3 is 5.32 Å². The van der Waals surface area contributed by atoms with Crippen molar-refractivity contribution in [2.75, 3.05) is 0 Å². The molecule has 1 fully saturated rings. The Morgan fingerprint density at radius 2 is 1.50 bits per heavy atom. The number of hydrogen-bond acceptors (Lipinski definition) is 1. The van der Waals surface area contributed by atoms with E-state index in [1.54, 1.807) is 0 Å². The molecule has 0 aliphatic carbocycles. The highest BCUT2D eigenvalue weighted by molar-refractivity contribution is 5.41. The zero-order valence-corrected chi connectivity index (χ0v) is 13.8. The highest BCUT2D eigenvalue weighted by atomic mass is 19.1. The average Bonchev–Trinajstić information content (AvgIpc) is 2.42. The van der Waals surface area contributed by atoms with Crippen LogP contribution in [-0.2, 0) is 0 Å². The Kier molecular flexibility index (Phi) is 4.24. The number of piperidine rings is 1. The molecular weight excluding hydrogens is 249 g/mol. The number of benzene rings is 1. The SMILES string of the molecule is Cc1cc(C2NC(C)C(C)C(C)C2C)c(C)c(C)c1F. The molecule has 1 aliphatic heterocycles. The summed E-state index contributed by atoms with van der Waals surface area (Å²) in [6.07, 6.45) is 0. The fraction of sp³-hybridized carbons (Fsp3) is 0.667. The zero-order chi connectivity index (χ0) is 15.2. The van der Waals surface area contributed by atoms with Crippen LogP contribution < -0.4 is 5.32 Å². The third-order valence-corrected chi connectivity index (χ3v) is 5.79. The Labute approximate surface area is 123 Å². The molecule has 1 nitrogen and oxygen atoms in total. The van der Waals surface area contributed by atoms with Gasteiger partial charge in [-0.15, -0.1) is 0 Å². The van der Waals surface area contributed by atoms with Crippen molar-refractivity contribution >= 4 is 0 Å². The van der Waals surface area contributed by atoms with E-state index in [1.807, 2.05) is 19.9 Å². The number of hydrogen-bond donors (Lipinski definition) is 1. The summed E-state index contributed by atoms with van der Waals surface area (Å²) in [6, 6.07) is 2.87. The van der Waals surface area contributed by atoms with Gasteiger partial charge in [0, 0.05) is 12.1 Å². The molecule has 20 heavy (non-hydrogen) atoms. The molecule has 0 amide bonds. The fourth-order valence-electron chi connectivity index (χ4n) is 3.60. The van der Waals surface area contributed by atoms with Crippen molar-refractivity contribution < 1.29 is 4.39 Å². The van der Waals surface area contributed by atoms with E-state index in [1.165, 1.54) is 5.56 Å². The van der Waals surface area contributed by atoms with Gasteiger partial charge in [0.05, 0.1) is 0 Å². The second-order valence-electron chi connectivity index (χ2n) is 6.86. The van der Waals surface area contributed by atoms with E-state index < -0.39 is 0 Å². The van der Waals surface area contributed by atoms with Crippen molar-refractivity contribution in [2.45, 2.75) is 60.5 Å². The van der Waals surface area contributed by atoms with Crippen LogP contribution in [0, 0.1) is 44.3 Å². The van der Waals surface area contributed by atoms with Gasteiger partial charge in [0.15, 0.2) is 0 Å². The van der Waals surface area contributed by atoms with Crippen LogP contribution in [0.15, 0.2) is 6.07 Å². The van der Waals surface area contributed by atoms with Crippen molar-refractivity contribution in [3.63, 3.8) is 0 Å². The monoisotopic (exact) mass is 277 g/mol. The summed E-state index contributed by atoms with van der Waals surface area (Å²) in [5, 5.41) is 3.75. The number of nitrogens with one attached hydrogen (secondary N) is 1.